The fourth-order valence-corrected chi connectivity index (χ4v) is 3.68. The van der Waals surface area contributed by atoms with Crippen molar-refractivity contribution in [3.8, 4) is 0 Å². The van der Waals surface area contributed by atoms with Crippen LogP contribution in [0.5, 0.6) is 0 Å². The van der Waals surface area contributed by atoms with Gasteiger partial charge in [0.1, 0.15) is 0 Å². The summed E-state index contributed by atoms with van der Waals surface area (Å²) < 4.78 is 27.9. The number of carbonyl (C=O) groups excluding carboxylic acids is 1. The summed E-state index contributed by atoms with van der Waals surface area (Å²) >= 11 is 0. The van der Waals surface area contributed by atoms with Crippen LogP contribution in [0.2, 0.25) is 0 Å². The van der Waals surface area contributed by atoms with Crippen molar-refractivity contribution in [3.05, 3.63) is 65.2 Å². The first-order valence-corrected chi connectivity index (χ1v) is 9.01. The minimum Gasteiger partial charge on any atom is -0.295 e. The molecule has 0 heterocycles. The van der Waals surface area contributed by atoms with Crippen LogP contribution in [0.3, 0.4) is 0 Å². The van der Waals surface area contributed by atoms with Gasteiger partial charge in [-0.2, -0.15) is 0 Å². The van der Waals surface area contributed by atoms with E-state index in [1.807, 2.05) is 38.1 Å². The van der Waals surface area contributed by atoms with E-state index in [-0.39, 0.29) is 16.7 Å². The van der Waals surface area contributed by atoms with Crippen molar-refractivity contribution in [2.45, 2.75) is 38.1 Å². The van der Waals surface area contributed by atoms with Gasteiger partial charge in [-0.25, -0.2) is 13.1 Å². The first-order valence-electron chi connectivity index (χ1n) is 7.53. The Morgan fingerprint density at radius 2 is 1.78 bits per heavy atom. The molecule has 0 saturated carbocycles. The molecule has 1 atom stereocenters. The number of hydrogen-bond acceptors (Lipinski definition) is 3. The number of ketones is 1. The summed E-state index contributed by atoms with van der Waals surface area (Å²) in [6, 6.07) is 13.6. The number of nitrogens with one attached hydrogen (secondary N) is 1. The molecule has 2 aromatic rings. The fraction of sp³-hybridized carbons (Fsp3) is 0.278. The van der Waals surface area contributed by atoms with Crippen LogP contribution < -0.4 is 4.72 Å². The van der Waals surface area contributed by atoms with E-state index in [1.165, 1.54) is 19.1 Å². The highest BCUT2D eigenvalue weighted by molar-refractivity contribution is 7.89. The van der Waals surface area contributed by atoms with Crippen LogP contribution in [0.25, 0.3) is 0 Å². The first-order chi connectivity index (χ1) is 10.8. The molecule has 0 spiro atoms. The van der Waals surface area contributed by atoms with Gasteiger partial charge in [0, 0.05) is 11.6 Å². The molecule has 2 rings (SSSR count). The zero-order valence-electron chi connectivity index (χ0n) is 13.5. The summed E-state index contributed by atoms with van der Waals surface area (Å²) in [6.07, 6.45) is 0.634. The SMILES string of the molecule is CC[C@H](NS(=O)(=O)c1cccc(C(C)=O)c1)c1ccc(C)cc1. The van der Waals surface area contributed by atoms with E-state index in [0.29, 0.717) is 12.0 Å². The molecule has 0 aliphatic carbocycles. The number of aryl methyl sites for hydroxylation is 1. The molecule has 0 radical (unpaired) electrons. The fourth-order valence-electron chi connectivity index (χ4n) is 2.32. The second kappa shape index (κ2) is 7.06. The van der Waals surface area contributed by atoms with E-state index in [1.54, 1.807) is 12.1 Å². The topological polar surface area (TPSA) is 63.2 Å². The number of Topliss-reactive ketones (excluding diaryl/α,β-unsaturated/α-hetero) is 1. The maximum absolute atomic E-state index is 12.6. The second-order valence-corrected chi connectivity index (χ2v) is 7.29. The molecule has 0 aromatic heterocycles. The maximum atomic E-state index is 12.6. The molecule has 0 fully saturated rings. The number of benzene rings is 2. The maximum Gasteiger partial charge on any atom is 0.241 e. The van der Waals surface area contributed by atoms with Crippen LogP contribution in [0.1, 0.15) is 47.8 Å². The van der Waals surface area contributed by atoms with Gasteiger partial charge >= 0.3 is 0 Å². The summed E-state index contributed by atoms with van der Waals surface area (Å²) in [6.45, 7) is 5.33. The molecule has 0 amide bonds. The van der Waals surface area contributed by atoms with Crippen molar-refractivity contribution >= 4 is 15.8 Å². The van der Waals surface area contributed by atoms with Crippen LogP contribution >= 0.6 is 0 Å². The van der Waals surface area contributed by atoms with Crippen LogP contribution in [0.4, 0.5) is 0 Å². The molecule has 23 heavy (non-hydrogen) atoms. The Morgan fingerprint density at radius 3 is 2.35 bits per heavy atom. The van der Waals surface area contributed by atoms with E-state index in [0.717, 1.165) is 11.1 Å². The highest BCUT2D eigenvalue weighted by Crippen LogP contribution is 2.21. The Labute approximate surface area is 137 Å². The Balaban J connectivity index is 2.30. The van der Waals surface area contributed by atoms with Crippen molar-refractivity contribution in [1.29, 1.82) is 0 Å². The predicted molar refractivity (Wildman–Crippen MR) is 91.0 cm³/mol. The molecule has 0 saturated heterocycles. The van der Waals surface area contributed by atoms with E-state index >= 15 is 0 Å². The van der Waals surface area contributed by atoms with Gasteiger partial charge in [-0.15, -0.1) is 0 Å². The molecule has 0 aliphatic heterocycles. The van der Waals surface area contributed by atoms with E-state index in [2.05, 4.69) is 4.72 Å². The lowest BCUT2D eigenvalue weighted by molar-refractivity contribution is 0.101. The number of carbonyl (C=O) groups is 1. The zero-order valence-corrected chi connectivity index (χ0v) is 14.4. The molecular weight excluding hydrogens is 310 g/mol. The number of sulfonamides is 1. The Kier molecular flexibility index (Phi) is 5.34. The zero-order chi connectivity index (χ0) is 17.0. The molecule has 122 valence electrons. The normalized spacial score (nSPS) is 12.8. The van der Waals surface area contributed by atoms with Gasteiger partial charge in [0.25, 0.3) is 0 Å². The lowest BCUT2D eigenvalue weighted by Crippen LogP contribution is -2.28. The van der Waals surface area contributed by atoms with Gasteiger partial charge in [-0.1, -0.05) is 48.9 Å². The van der Waals surface area contributed by atoms with Crippen molar-refractivity contribution in [2.75, 3.05) is 0 Å². The molecule has 1 N–H and O–H groups in total. The number of hydrogen-bond donors (Lipinski definition) is 1. The smallest absolute Gasteiger partial charge is 0.241 e. The standard InChI is InChI=1S/C18H21NO3S/c1-4-18(15-10-8-13(2)9-11-15)19-23(21,22)17-7-5-6-16(12-17)14(3)20/h5-12,18-19H,4H2,1-3H3/t18-/m0/s1. The molecule has 0 unspecified atom stereocenters. The van der Waals surface area contributed by atoms with Crippen molar-refractivity contribution in [2.24, 2.45) is 0 Å². The average Bonchev–Trinajstić information content (AvgIpc) is 2.53. The molecule has 0 aliphatic rings. The molecule has 0 bridgehead atoms. The Hall–Kier alpha value is -1.98. The average molecular weight is 331 g/mol. The Bertz CT molecular complexity index is 795. The molecular formula is C18H21NO3S. The van der Waals surface area contributed by atoms with Gasteiger partial charge in [0.2, 0.25) is 10.0 Å². The van der Waals surface area contributed by atoms with E-state index in [9.17, 15) is 13.2 Å². The van der Waals surface area contributed by atoms with Crippen LogP contribution in [-0.4, -0.2) is 14.2 Å². The minimum atomic E-state index is -3.69. The van der Waals surface area contributed by atoms with Gasteiger partial charge in [-0.3, -0.25) is 4.79 Å². The predicted octanol–water partition coefficient (Wildman–Crippen LogP) is 3.63. The van der Waals surface area contributed by atoms with Crippen molar-refractivity contribution < 1.29 is 13.2 Å². The van der Waals surface area contributed by atoms with Crippen LogP contribution in [0, 0.1) is 6.92 Å². The lowest BCUT2D eigenvalue weighted by atomic mass is 10.0. The summed E-state index contributed by atoms with van der Waals surface area (Å²) in [5.41, 5.74) is 2.43. The van der Waals surface area contributed by atoms with E-state index < -0.39 is 10.0 Å². The monoisotopic (exact) mass is 331 g/mol. The molecule has 2 aromatic carbocycles. The Morgan fingerprint density at radius 1 is 1.13 bits per heavy atom. The quantitative estimate of drug-likeness (QED) is 0.822. The summed E-state index contributed by atoms with van der Waals surface area (Å²) in [4.78, 5) is 11.5. The highest BCUT2D eigenvalue weighted by atomic mass is 32.2. The largest absolute Gasteiger partial charge is 0.295 e. The van der Waals surface area contributed by atoms with Gasteiger partial charge in [0.05, 0.1) is 4.90 Å². The summed E-state index contributed by atoms with van der Waals surface area (Å²) in [5, 5.41) is 0. The summed E-state index contributed by atoms with van der Waals surface area (Å²) in [7, 11) is -3.69. The third-order valence-electron chi connectivity index (χ3n) is 3.74. The highest BCUT2D eigenvalue weighted by Gasteiger charge is 2.20. The third kappa shape index (κ3) is 4.27. The van der Waals surface area contributed by atoms with Crippen molar-refractivity contribution in [3.63, 3.8) is 0 Å². The van der Waals surface area contributed by atoms with E-state index in [4.69, 9.17) is 0 Å². The molecule has 5 heteroatoms. The minimum absolute atomic E-state index is 0.107. The van der Waals surface area contributed by atoms with Crippen LogP contribution in [0.15, 0.2) is 53.4 Å². The van der Waals surface area contributed by atoms with Crippen molar-refractivity contribution in [1.82, 2.24) is 4.72 Å². The lowest BCUT2D eigenvalue weighted by Gasteiger charge is -2.18. The van der Waals surface area contributed by atoms with Gasteiger partial charge < -0.3 is 0 Å². The van der Waals surface area contributed by atoms with Gasteiger partial charge in [0.15, 0.2) is 5.78 Å². The second-order valence-electron chi connectivity index (χ2n) is 5.58. The van der Waals surface area contributed by atoms with Gasteiger partial charge in [-0.05, 0) is 38.0 Å². The summed E-state index contributed by atoms with van der Waals surface area (Å²) in [5.74, 6) is -0.160. The third-order valence-corrected chi connectivity index (χ3v) is 5.21. The molecule has 4 nitrogen and oxygen atoms in total. The number of rotatable bonds is 6. The first kappa shape index (κ1) is 17.4. The van der Waals surface area contributed by atoms with Crippen LogP contribution in [-0.2, 0) is 10.0 Å².